The van der Waals surface area contributed by atoms with Gasteiger partial charge in [-0.25, -0.2) is 13.6 Å². The number of nitrogens with zero attached hydrogens (tertiary/aromatic N) is 1. The lowest BCUT2D eigenvalue weighted by Gasteiger charge is -2.11. The van der Waals surface area contributed by atoms with Gasteiger partial charge in [0.05, 0.1) is 24.0 Å². The van der Waals surface area contributed by atoms with Crippen molar-refractivity contribution >= 4 is 15.7 Å². The van der Waals surface area contributed by atoms with Gasteiger partial charge in [0.1, 0.15) is 0 Å². The molecule has 2 N–H and O–H groups in total. The maximum atomic E-state index is 11.7. The highest BCUT2D eigenvalue weighted by atomic mass is 32.2. The second-order valence-electron chi connectivity index (χ2n) is 4.96. The molecule has 9 heteroatoms. The van der Waals surface area contributed by atoms with Crippen LogP contribution in [0.15, 0.2) is 41.3 Å². The number of primary sulfonamides is 1. The van der Waals surface area contributed by atoms with E-state index in [9.17, 15) is 18.5 Å². The van der Waals surface area contributed by atoms with Gasteiger partial charge in [-0.05, 0) is 35.7 Å². The average Bonchev–Trinajstić information content (AvgIpc) is 2.53. The lowest BCUT2D eigenvalue weighted by atomic mass is 10.0. The molecule has 0 saturated heterocycles. The van der Waals surface area contributed by atoms with Crippen LogP contribution in [0.2, 0.25) is 0 Å². The zero-order valence-corrected chi connectivity index (χ0v) is 13.9. The van der Waals surface area contributed by atoms with Gasteiger partial charge in [0.2, 0.25) is 10.0 Å². The van der Waals surface area contributed by atoms with Crippen LogP contribution in [-0.2, 0) is 16.4 Å². The van der Waals surface area contributed by atoms with Gasteiger partial charge >= 0.3 is 0 Å². The number of hydrogen-bond donors (Lipinski definition) is 1. The van der Waals surface area contributed by atoms with Crippen LogP contribution in [0, 0.1) is 10.1 Å². The number of sulfonamides is 1. The van der Waals surface area contributed by atoms with Crippen molar-refractivity contribution < 1.29 is 22.8 Å². The number of non-ortho nitro benzene ring substituents is 1. The van der Waals surface area contributed by atoms with Crippen LogP contribution in [0.25, 0.3) is 0 Å². The van der Waals surface area contributed by atoms with Crippen LogP contribution in [0.1, 0.15) is 11.1 Å². The Balaban J connectivity index is 2.51. The molecule has 2 aromatic carbocycles. The molecule has 0 unspecified atom stereocenters. The van der Waals surface area contributed by atoms with Crippen LogP contribution in [-0.4, -0.2) is 27.6 Å². The second-order valence-corrected chi connectivity index (χ2v) is 6.49. The molecule has 8 nitrogen and oxygen atoms in total. The van der Waals surface area contributed by atoms with E-state index in [0.717, 1.165) is 12.1 Å². The van der Waals surface area contributed by atoms with Crippen molar-refractivity contribution in [3.05, 3.63) is 57.6 Å². The number of nitro groups is 1. The van der Waals surface area contributed by atoms with Crippen molar-refractivity contribution in [2.45, 2.75) is 11.3 Å². The third-order valence-corrected chi connectivity index (χ3v) is 4.42. The lowest BCUT2D eigenvalue weighted by Crippen LogP contribution is -2.15. The van der Waals surface area contributed by atoms with E-state index in [0.29, 0.717) is 17.1 Å². The first-order valence-corrected chi connectivity index (χ1v) is 8.32. The van der Waals surface area contributed by atoms with Gasteiger partial charge < -0.3 is 9.47 Å². The molecule has 24 heavy (non-hydrogen) atoms. The maximum Gasteiger partial charge on any atom is 0.269 e. The van der Waals surface area contributed by atoms with Gasteiger partial charge in [0.25, 0.3) is 5.69 Å². The minimum atomic E-state index is -4.00. The molecule has 128 valence electrons. The van der Waals surface area contributed by atoms with Crippen LogP contribution < -0.4 is 14.6 Å². The summed E-state index contributed by atoms with van der Waals surface area (Å²) in [6, 6.07) is 8.51. The summed E-state index contributed by atoms with van der Waals surface area (Å²) in [6.07, 6.45) is 0.133. The maximum absolute atomic E-state index is 11.7. The highest BCUT2D eigenvalue weighted by molar-refractivity contribution is 7.89. The molecule has 2 rings (SSSR count). The predicted molar refractivity (Wildman–Crippen MR) is 86.8 cm³/mol. The van der Waals surface area contributed by atoms with Crippen molar-refractivity contribution in [1.82, 2.24) is 0 Å². The van der Waals surface area contributed by atoms with E-state index in [4.69, 9.17) is 14.6 Å². The number of hydrogen-bond acceptors (Lipinski definition) is 6. The number of nitro benzene ring substituents is 1. The first kappa shape index (κ1) is 17.7. The molecule has 0 aromatic heterocycles. The van der Waals surface area contributed by atoms with Crippen molar-refractivity contribution in [1.29, 1.82) is 0 Å². The van der Waals surface area contributed by atoms with E-state index < -0.39 is 14.9 Å². The fraction of sp³-hybridized carbons (Fsp3) is 0.200. The summed E-state index contributed by atoms with van der Waals surface area (Å²) in [7, 11) is -1.03. The first-order valence-electron chi connectivity index (χ1n) is 6.77. The molecule has 0 heterocycles. The van der Waals surface area contributed by atoms with Crippen molar-refractivity contribution in [2.24, 2.45) is 5.14 Å². The van der Waals surface area contributed by atoms with Gasteiger partial charge in [0.15, 0.2) is 11.5 Å². The zero-order valence-electron chi connectivity index (χ0n) is 13.1. The molecule has 0 bridgehead atoms. The predicted octanol–water partition coefficient (Wildman–Crippen LogP) is 1.85. The van der Waals surface area contributed by atoms with Crippen LogP contribution in [0.3, 0.4) is 0 Å². The van der Waals surface area contributed by atoms with Crippen molar-refractivity contribution in [3.63, 3.8) is 0 Å². The summed E-state index contributed by atoms with van der Waals surface area (Å²) in [4.78, 5) is 10.2. The van der Waals surface area contributed by atoms with E-state index in [1.54, 1.807) is 18.2 Å². The normalized spacial score (nSPS) is 11.1. The molecule has 0 saturated carbocycles. The number of ether oxygens (including phenoxy) is 2. The van der Waals surface area contributed by atoms with E-state index in [1.807, 2.05) is 0 Å². The Morgan fingerprint density at radius 2 is 1.75 bits per heavy atom. The molecule has 0 aliphatic heterocycles. The van der Waals surface area contributed by atoms with Crippen LogP contribution in [0.4, 0.5) is 5.69 Å². The standard InChI is InChI=1S/C15H16N2O6S/c1-22-13-5-3-10(8-14(13)23-2)7-11-9-12(17(18)19)4-6-15(11)24(16,20)21/h3-6,8-9H,7H2,1-2H3,(H2,16,20,21). The smallest absolute Gasteiger partial charge is 0.269 e. The molecule has 0 aliphatic carbocycles. The third-order valence-electron chi connectivity index (χ3n) is 3.40. The Kier molecular flexibility index (Phi) is 5.05. The SMILES string of the molecule is COc1ccc(Cc2cc([N+](=O)[O-])ccc2S(N)(=O)=O)cc1OC. The van der Waals surface area contributed by atoms with Crippen molar-refractivity contribution in [3.8, 4) is 11.5 Å². The number of benzene rings is 2. The molecule has 0 aliphatic rings. The highest BCUT2D eigenvalue weighted by Crippen LogP contribution is 2.30. The van der Waals surface area contributed by atoms with Crippen LogP contribution in [0.5, 0.6) is 11.5 Å². The lowest BCUT2D eigenvalue weighted by molar-refractivity contribution is -0.385. The van der Waals surface area contributed by atoms with E-state index >= 15 is 0 Å². The molecule has 2 aromatic rings. The Labute approximate surface area is 139 Å². The van der Waals surface area contributed by atoms with Gasteiger partial charge in [-0.2, -0.15) is 0 Å². The minimum Gasteiger partial charge on any atom is -0.493 e. The van der Waals surface area contributed by atoms with Crippen LogP contribution >= 0.6 is 0 Å². The Bertz CT molecular complexity index is 880. The van der Waals surface area contributed by atoms with Gasteiger partial charge in [-0.3, -0.25) is 10.1 Å². The monoisotopic (exact) mass is 352 g/mol. The Morgan fingerprint density at radius 3 is 2.29 bits per heavy atom. The quantitative estimate of drug-likeness (QED) is 0.625. The summed E-state index contributed by atoms with van der Waals surface area (Å²) >= 11 is 0. The number of methoxy groups -OCH3 is 2. The van der Waals surface area contributed by atoms with Gasteiger partial charge in [0, 0.05) is 12.1 Å². The van der Waals surface area contributed by atoms with E-state index in [2.05, 4.69) is 0 Å². The Hall–Kier alpha value is -2.65. The summed E-state index contributed by atoms with van der Waals surface area (Å²) in [5.74, 6) is 0.990. The second kappa shape index (κ2) is 6.85. The third kappa shape index (κ3) is 3.81. The fourth-order valence-corrected chi connectivity index (χ4v) is 3.06. The summed E-state index contributed by atoms with van der Waals surface area (Å²) in [5.41, 5.74) is 0.717. The number of rotatable bonds is 6. The molecule has 0 radical (unpaired) electrons. The largest absolute Gasteiger partial charge is 0.493 e. The first-order chi connectivity index (χ1) is 11.3. The minimum absolute atomic E-state index is 0.133. The van der Waals surface area contributed by atoms with Gasteiger partial charge in [-0.15, -0.1) is 0 Å². The average molecular weight is 352 g/mol. The Morgan fingerprint density at radius 1 is 1.08 bits per heavy atom. The fourth-order valence-electron chi connectivity index (χ4n) is 2.31. The number of nitrogens with two attached hydrogens (primary N) is 1. The summed E-state index contributed by atoms with van der Waals surface area (Å²) < 4.78 is 33.8. The topological polar surface area (TPSA) is 122 Å². The highest BCUT2D eigenvalue weighted by Gasteiger charge is 2.18. The molecule has 0 atom stereocenters. The van der Waals surface area contributed by atoms with E-state index in [1.165, 1.54) is 20.3 Å². The van der Waals surface area contributed by atoms with Gasteiger partial charge in [-0.1, -0.05) is 6.07 Å². The zero-order chi connectivity index (χ0) is 17.9. The molecule has 0 amide bonds. The summed E-state index contributed by atoms with van der Waals surface area (Å²) in [5, 5.41) is 16.1. The van der Waals surface area contributed by atoms with E-state index in [-0.39, 0.29) is 22.6 Å². The molecule has 0 fully saturated rings. The summed E-state index contributed by atoms with van der Waals surface area (Å²) in [6.45, 7) is 0. The molecule has 0 spiro atoms. The molecular formula is C15H16N2O6S. The van der Waals surface area contributed by atoms with Crippen molar-refractivity contribution in [2.75, 3.05) is 14.2 Å². The molecular weight excluding hydrogens is 336 g/mol.